The van der Waals surface area contributed by atoms with Crippen molar-refractivity contribution < 1.29 is 22.4 Å². The standard InChI is InChI=1S/C13H6BrF4NO/c14-7-1-2-8(10(5-7)13(16,17)18)12(20)9-3-4-19-6-11(9)15/h1-6H. The van der Waals surface area contributed by atoms with Crippen LogP contribution in [0.1, 0.15) is 21.5 Å². The van der Waals surface area contributed by atoms with Crippen LogP contribution in [0.25, 0.3) is 0 Å². The third kappa shape index (κ3) is 2.87. The minimum Gasteiger partial charge on any atom is -0.288 e. The second-order valence-corrected chi connectivity index (χ2v) is 4.79. The van der Waals surface area contributed by atoms with Crippen molar-refractivity contribution in [2.75, 3.05) is 0 Å². The van der Waals surface area contributed by atoms with Gasteiger partial charge in [-0.05, 0) is 24.3 Å². The highest BCUT2D eigenvalue weighted by molar-refractivity contribution is 9.10. The molecular formula is C13H6BrF4NO. The molecule has 0 saturated heterocycles. The number of hydrogen-bond acceptors (Lipinski definition) is 2. The summed E-state index contributed by atoms with van der Waals surface area (Å²) in [6.07, 6.45) is -2.79. The van der Waals surface area contributed by atoms with E-state index in [0.29, 0.717) is 0 Å². The van der Waals surface area contributed by atoms with Crippen LogP contribution < -0.4 is 0 Å². The highest BCUT2D eigenvalue weighted by Gasteiger charge is 2.36. The normalized spacial score (nSPS) is 11.4. The van der Waals surface area contributed by atoms with E-state index in [0.717, 1.165) is 30.6 Å². The summed E-state index contributed by atoms with van der Waals surface area (Å²) in [5.41, 5.74) is -2.17. The Morgan fingerprint density at radius 1 is 1.15 bits per heavy atom. The van der Waals surface area contributed by atoms with Crippen molar-refractivity contribution in [1.29, 1.82) is 0 Å². The molecule has 0 atom stereocenters. The lowest BCUT2D eigenvalue weighted by molar-refractivity contribution is -0.137. The first-order valence-corrected chi connectivity index (χ1v) is 6.11. The summed E-state index contributed by atoms with van der Waals surface area (Å²) in [7, 11) is 0. The van der Waals surface area contributed by atoms with E-state index in [1.54, 1.807) is 0 Å². The first kappa shape index (κ1) is 14.6. The van der Waals surface area contributed by atoms with Gasteiger partial charge in [0.1, 0.15) is 0 Å². The Morgan fingerprint density at radius 2 is 1.85 bits per heavy atom. The number of nitrogens with zero attached hydrogens (tertiary/aromatic N) is 1. The molecule has 0 aliphatic carbocycles. The molecule has 0 aliphatic rings. The Labute approximate surface area is 119 Å². The van der Waals surface area contributed by atoms with Gasteiger partial charge >= 0.3 is 6.18 Å². The molecule has 0 amide bonds. The van der Waals surface area contributed by atoms with E-state index >= 15 is 0 Å². The van der Waals surface area contributed by atoms with Crippen molar-refractivity contribution in [2.24, 2.45) is 0 Å². The second kappa shape index (κ2) is 5.32. The van der Waals surface area contributed by atoms with Crippen LogP contribution in [0.15, 0.2) is 41.1 Å². The first-order chi connectivity index (χ1) is 9.30. The summed E-state index contributed by atoms with van der Waals surface area (Å²) in [5.74, 6) is -2.00. The molecule has 0 unspecified atom stereocenters. The average molecular weight is 348 g/mol. The summed E-state index contributed by atoms with van der Waals surface area (Å²) >= 11 is 2.91. The van der Waals surface area contributed by atoms with Gasteiger partial charge in [0, 0.05) is 16.2 Å². The van der Waals surface area contributed by atoms with E-state index in [9.17, 15) is 22.4 Å². The predicted octanol–water partition coefficient (Wildman–Crippen LogP) is 4.23. The van der Waals surface area contributed by atoms with Gasteiger partial charge in [0.25, 0.3) is 0 Å². The SMILES string of the molecule is O=C(c1ccncc1F)c1ccc(Br)cc1C(F)(F)F. The van der Waals surface area contributed by atoms with Gasteiger partial charge in [-0.2, -0.15) is 13.2 Å². The third-order valence-corrected chi connectivity index (χ3v) is 3.04. The van der Waals surface area contributed by atoms with Crippen LogP contribution in [0.4, 0.5) is 17.6 Å². The molecule has 2 rings (SSSR count). The van der Waals surface area contributed by atoms with Crippen LogP contribution >= 0.6 is 15.9 Å². The Hall–Kier alpha value is -1.76. The summed E-state index contributed by atoms with van der Waals surface area (Å²) in [6.45, 7) is 0. The Balaban J connectivity index is 2.59. The van der Waals surface area contributed by atoms with E-state index in [4.69, 9.17) is 0 Å². The van der Waals surface area contributed by atoms with Crippen molar-refractivity contribution in [1.82, 2.24) is 4.98 Å². The number of aromatic nitrogens is 1. The number of pyridine rings is 1. The second-order valence-electron chi connectivity index (χ2n) is 3.87. The minimum atomic E-state index is -4.71. The van der Waals surface area contributed by atoms with Crippen molar-refractivity contribution in [3.63, 3.8) is 0 Å². The van der Waals surface area contributed by atoms with Crippen LogP contribution in [0.2, 0.25) is 0 Å². The molecule has 2 nitrogen and oxygen atoms in total. The molecule has 0 fully saturated rings. The first-order valence-electron chi connectivity index (χ1n) is 5.31. The van der Waals surface area contributed by atoms with E-state index in [2.05, 4.69) is 20.9 Å². The van der Waals surface area contributed by atoms with Gasteiger partial charge in [0.2, 0.25) is 0 Å². The highest BCUT2D eigenvalue weighted by atomic mass is 79.9. The number of benzene rings is 1. The number of halogens is 5. The fraction of sp³-hybridized carbons (Fsp3) is 0.0769. The lowest BCUT2D eigenvalue weighted by Gasteiger charge is -2.12. The molecule has 1 aromatic carbocycles. The zero-order valence-electron chi connectivity index (χ0n) is 9.71. The fourth-order valence-corrected chi connectivity index (χ4v) is 2.01. The van der Waals surface area contributed by atoms with Crippen LogP contribution in [0.3, 0.4) is 0 Å². The van der Waals surface area contributed by atoms with Gasteiger partial charge in [0.05, 0.1) is 17.3 Å². The van der Waals surface area contributed by atoms with E-state index in [-0.39, 0.29) is 4.47 Å². The number of rotatable bonds is 2. The Bertz CT molecular complexity index is 670. The molecule has 0 N–H and O–H groups in total. The molecule has 7 heteroatoms. The maximum atomic E-state index is 13.5. The van der Waals surface area contributed by atoms with E-state index < -0.39 is 34.5 Å². The largest absolute Gasteiger partial charge is 0.417 e. The monoisotopic (exact) mass is 347 g/mol. The van der Waals surface area contributed by atoms with Gasteiger partial charge < -0.3 is 0 Å². The van der Waals surface area contributed by atoms with E-state index in [1.165, 1.54) is 6.07 Å². The topological polar surface area (TPSA) is 30.0 Å². The van der Waals surface area contributed by atoms with Gasteiger partial charge in [-0.3, -0.25) is 9.78 Å². The van der Waals surface area contributed by atoms with Crippen LogP contribution in [0, 0.1) is 5.82 Å². The summed E-state index contributed by atoms with van der Waals surface area (Å²) in [6, 6.07) is 4.13. The summed E-state index contributed by atoms with van der Waals surface area (Å²) < 4.78 is 52.4. The molecule has 0 saturated carbocycles. The van der Waals surface area contributed by atoms with Crippen LogP contribution in [-0.2, 0) is 6.18 Å². The van der Waals surface area contributed by atoms with Gasteiger partial charge in [-0.15, -0.1) is 0 Å². The zero-order valence-corrected chi connectivity index (χ0v) is 11.3. The predicted molar refractivity (Wildman–Crippen MR) is 66.8 cm³/mol. The number of alkyl halides is 3. The van der Waals surface area contributed by atoms with Gasteiger partial charge in [-0.1, -0.05) is 15.9 Å². The molecule has 0 spiro atoms. The number of carbonyl (C=O) groups is 1. The van der Waals surface area contributed by atoms with Gasteiger partial charge in [-0.25, -0.2) is 4.39 Å². The molecule has 0 aliphatic heterocycles. The Kier molecular flexibility index (Phi) is 3.89. The van der Waals surface area contributed by atoms with E-state index in [1.807, 2.05) is 0 Å². The molecule has 1 heterocycles. The van der Waals surface area contributed by atoms with Crippen molar-refractivity contribution in [2.45, 2.75) is 6.18 Å². The maximum Gasteiger partial charge on any atom is 0.417 e. The lowest BCUT2D eigenvalue weighted by atomic mass is 9.98. The molecule has 0 radical (unpaired) electrons. The summed E-state index contributed by atoms with van der Waals surface area (Å²) in [5, 5.41) is 0. The zero-order chi connectivity index (χ0) is 14.9. The molecule has 104 valence electrons. The average Bonchev–Trinajstić information content (AvgIpc) is 2.37. The van der Waals surface area contributed by atoms with Gasteiger partial charge in [0.15, 0.2) is 11.6 Å². The number of hydrogen-bond donors (Lipinski definition) is 0. The number of carbonyl (C=O) groups excluding carboxylic acids is 1. The molecule has 0 bridgehead atoms. The van der Waals surface area contributed by atoms with Crippen LogP contribution in [0.5, 0.6) is 0 Å². The maximum absolute atomic E-state index is 13.5. The number of ketones is 1. The Morgan fingerprint density at radius 3 is 2.45 bits per heavy atom. The fourth-order valence-electron chi connectivity index (χ4n) is 1.65. The minimum absolute atomic E-state index is 0.177. The lowest BCUT2D eigenvalue weighted by Crippen LogP contribution is -2.15. The molecule has 2 aromatic rings. The molecular weight excluding hydrogens is 342 g/mol. The van der Waals surface area contributed by atoms with Crippen LogP contribution in [-0.4, -0.2) is 10.8 Å². The summed E-state index contributed by atoms with van der Waals surface area (Å²) in [4.78, 5) is 15.5. The quantitative estimate of drug-likeness (QED) is 0.601. The van der Waals surface area contributed by atoms with Crippen molar-refractivity contribution >= 4 is 21.7 Å². The molecule has 20 heavy (non-hydrogen) atoms. The van der Waals surface area contributed by atoms with Crippen molar-refractivity contribution in [3.05, 3.63) is 63.6 Å². The van der Waals surface area contributed by atoms with Crippen molar-refractivity contribution in [3.8, 4) is 0 Å². The molecule has 1 aromatic heterocycles. The smallest absolute Gasteiger partial charge is 0.288 e. The third-order valence-electron chi connectivity index (χ3n) is 2.55. The highest BCUT2D eigenvalue weighted by Crippen LogP contribution is 2.35.